The maximum atomic E-state index is 12.4. The molecule has 1 aliphatic heterocycles. The monoisotopic (exact) mass is 392 g/mol. The lowest BCUT2D eigenvalue weighted by Gasteiger charge is -2.32. The molecule has 3 rings (SSSR count). The number of nitrogens with one attached hydrogen (secondary N) is 1. The fourth-order valence-corrected chi connectivity index (χ4v) is 4.10. The fraction of sp³-hybridized carbons (Fsp3) is 0.450. The van der Waals surface area contributed by atoms with Gasteiger partial charge in [0.25, 0.3) is 0 Å². The molecular weight excluding hydrogens is 368 g/mol. The van der Waals surface area contributed by atoms with Crippen molar-refractivity contribution in [3.05, 3.63) is 59.0 Å². The van der Waals surface area contributed by atoms with Gasteiger partial charge in [-0.2, -0.15) is 11.8 Å². The van der Waals surface area contributed by atoms with Crippen LogP contribution in [0.15, 0.2) is 47.1 Å². The zero-order valence-corrected chi connectivity index (χ0v) is 16.4. The summed E-state index contributed by atoms with van der Waals surface area (Å²) in [5.41, 5.74) is 1.24. The normalized spacial score (nSPS) is 18.0. The molecule has 1 aromatic carbocycles. The Kier molecular flexibility index (Phi) is 7.47. The van der Waals surface area contributed by atoms with Gasteiger partial charge in [-0.25, -0.2) is 0 Å². The number of carbonyl (C=O) groups excluding carboxylic acids is 1. The van der Waals surface area contributed by atoms with E-state index in [-0.39, 0.29) is 11.8 Å². The number of rotatable bonds is 8. The van der Waals surface area contributed by atoms with Crippen LogP contribution in [0.25, 0.3) is 0 Å². The number of likely N-dealkylation sites (tertiary alicyclic amines) is 1. The van der Waals surface area contributed by atoms with E-state index in [1.54, 1.807) is 18.0 Å². The molecule has 1 aromatic heterocycles. The Hall–Kier alpha value is -1.43. The van der Waals surface area contributed by atoms with Gasteiger partial charge in [0, 0.05) is 30.4 Å². The van der Waals surface area contributed by atoms with Crippen molar-refractivity contribution in [3.63, 3.8) is 0 Å². The molecule has 0 aliphatic carbocycles. The summed E-state index contributed by atoms with van der Waals surface area (Å²) in [6.07, 6.45) is 3.73. The second-order valence-corrected chi connectivity index (χ2v) is 8.17. The first kappa shape index (κ1) is 19.3. The van der Waals surface area contributed by atoms with E-state index in [9.17, 15) is 4.79 Å². The smallest absolute Gasteiger partial charge is 0.224 e. The van der Waals surface area contributed by atoms with Crippen LogP contribution in [-0.2, 0) is 17.1 Å². The summed E-state index contributed by atoms with van der Waals surface area (Å²) in [4.78, 5) is 14.8. The lowest BCUT2D eigenvalue weighted by molar-refractivity contribution is -0.126. The molecule has 1 saturated heterocycles. The third kappa shape index (κ3) is 6.08. The van der Waals surface area contributed by atoms with E-state index >= 15 is 0 Å². The zero-order valence-electron chi connectivity index (χ0n) is 14.8. The molecule has 26 heavy (non-hydrogen) atoms. The first-order valence-corrected chi connectivity index (χ1v) is 10.6. The maximum Gasteiger partial charge on any atom is 0.224 e. The number of benzene rings is 1. The summed E-state index contributed by atoms with van der Waals surface area (Å²) >= 11 is 7.72. The number of carbonyl (C=O) groups is 1. The Bertz CT molecular complexity index is 676. The van der Waals surface area contributed by atoms with Crippen molar-refractivity contribution >= 4 is 29.3 Å². The lowest BCUT2D eigenvalue weighted by atomic mass is 9.96. The number of furan rings is 1. The van der Waals surface area contributed by atoms with Crippen LogP contribution in [0.3, 0.4) is 0 Å². The third-order valence-electron chi connectivity index (χ3n) is 4.57. The molecule has 1 unspecified atom stereocenters. The predicted octanol–water partition coefficient (Wildman–Crippen LogP) is 4.19. The van der Waals surface area contributed by atoms with E-state index in [0.717, 1.165) is 54.8 Å². The number of thioether (sulfide) groups is 1. The van der Waals surface area contributed by atoms with Crippen LogP contribution in [-0.4, -0.2) is 36.2 Å². The Morgan fingerprint density at radius 2 is 2.15 bits per heavy atom. The highest BCUT2D eigenvalue weighted by atomic mass is 35.5. The Balaban J connectivity index is 1.36. The average molecular weight is 393 g/mol. The molecule has 6 heteroatoms. The molecule has 1 amide bonds. The number of halogens is 1. The molecule has 1 fully saturated rings. The van der Waals surface area contributed by atoms with Crippen LogP contribution in [0.1, 0.15) is 24.2 Å². The van der Waals surface area contributed by atoms with Gasteiger partial charge in [0.2, 0.25) is 5.91 Å². The van der Waals surface area contributed by atoms with Crippen molar-refractivity contribution in [1.82, 2.24) is 10.2 Å². The molecule has 0 bridgehead atoms. The van der Waals surface area contributed by atoms with Crippen LogP contribution in [0.5, 0.6) is 0 Å². The van der Waals surface area contributed by atoms with Crippen molar-refractivity contribution in [2.75, 3.05) is 25.4 Å². The van der Waals surface area contributed by atoms with Crippen molar-refractivity contribution < 1.29 is 9.21 Å². The first-order valence-electron chi connectivity index (χ1n) is 9.05. The largest absolute Gasteiger partial charge is 0.468 e. The summed E-state index contributed by atoms with van der Waals surface area (Å²) in [7, 11) is 0. The highest BCUT2D eigenvalue weighted by molar-refractivity contribution is 7.98. The molecule has 140 valence electrons. The van der Waals surface area contributed by atoms with Gasteiger partial charge in [-0.1, -0.05) is 23.7 Å². The van der Waals surface area contributed by atoms with Crippen LogP contribution >= 0.6 is 23.4 Å². The molecule has 2 heterocycles. The third-order valence-corrected chi connectivity index (χ3v) is 5.80. The van der Waals surface area contributed by atoms with E-state index in [2.05, 4.69) is 22.3 Å². The summed E-state index contributed by atoms with van der Waals surface area (Å²) < 4.78 is 5.30. The van der Waals surface area contributed by atoms with Gasteiger partial charge in [-0.05, 0) is 49.2 Å². The van der Waals surface area contributed by atoms with Gasteiger partial charge in [0.05, 0.1) is 17.9 Å². The molecule has 4 nitrogen and oxygen atoms in total. The molecule has 1 atom stereocenters. The molecule has 0 spiro atoms. The Morgan fingerprint density at radius 3 is 2.92 bits per heavy atom. The van der Waals surface area contributed by atoms with Crippen LogP contribution < -0.4 is 5.32 Å². The van der Waals surface area contributed by atoms with E-state index in [0.29, 0.717) is 6.54 Å². The minimum atomic E-state index is 0.0890. The van der Waals surface area contributed by atoms with Crippen molar-refractivity contribution in [2.24, 2.45) is 5.92 Å². The number of nitrogens with zero attached hydrogens (tertiary/aromatic N) is 1. The number of piperidine rings is 1. The molecular formula is C20H25ClN2O2S. The Labute approximate surface area is 164 Å². The van der Waals surface area contributed by atoms with Gasteiger partial charge in [0.15, 0.2) is 0 Å². The summed E-state index contributed by atoms with van der Waals surface area (Å²) in [5.74, 6) is 3.00. The van der Waals surface area contributed by atoms with E-state index in [4.69, 9.17) is 16.0 Å². The van der Waals surface area contributed by atoms with Crippen molar-refractivity contribution in [1.29, 1.82) is 0 Å². The highest BCUT2D eigenvalue weighted by Crippen LogP contribution is 2.20. The SMILES string of the molecule is O=C(NCCSCc1ccco1)C1CCCN(Cc2ccc(Cl)cc2)C1. The van der Waals surface area contributed by atoms with Gasteiger partial charge in [-0.3, -0.25) is 9.69 Å². The van der Waals surface area contributed by atoms with E-state index in [1.165, 1.54) is 5.56 Å². The fourth-order valence-electron chi connectivity index (χ4n) is 3.22. The molecule has 0 radical (unpaired) electrons. The van der Waals surface area contributed by atoms with Crippen LogP contribution in [0.2, 0.25) is 5.02 Å². The zero-order chi connectivity index (χ0) is 18.2. The van der Waals surface area contributed by atoms with E-state index in [1.807, 2.05) is 24.3 Å². The Morgan fingerprint density at radius 1 is 1.31 bits per heavy atom. The minimum Gasteiger partial charge on any atom is -0.468 e. The highest BCUT2D eigenvalue weighted by Gasteiger charge is 2.25. The quantitative estimate of drug-likeness (QED) is 0.684. The van der Waals surface area contributed by atoms with Gasteiger partial charge in [-0.15, -0.1) is 0 Å². The second kappa shape index (κ2) is 10.0. The standard InChI is InChI=1S/C20H25ClN2O2S/c21-18-7-5-16(6-8-18)13-23-10-1-3-17(14-23)20(24)22-9-12-26-15-19-4-2-11-25-19/h2,4-8,11,17H,1,3,9-10,12-15H2,(H,22,24). The number of hydrogen-bond acceptors (Lipinski definition) is 4. The van der Waals surface area contributed by atoms with Crippen molar-refractivity contribution in [2.45, 2.75) is 25.1 Å². The maximum absolute atomic E-state index is 12.4. The number of amides is 1. The molecule has 2 aromatic rings. The molecule has 1 N–H and O–H groups in total. The first-order chi connectivity index (χ1) is 12.7. The summed E-state index contributed by atoms with van der Waals surface area (Å²) in [6.45, 7) is 3.46. The second-order valence-electron chi connectivity index (χ2n) is 6.62. The summed E-state index contributed by atoms with van der Waals surface area (Å²) in [6, 6.07) is 11.8. The average Bonchev–Trinajstić information content (AvgIpc) is 3.17. The topological polar surface area (TPSA) is 45.5 Å². The minimum absolute atomic E-state index is 0.0890. The van der Waals surface area contributed by atoms with Crippen molar-refractivity contribution in [3.8, 4) is 0 Å². The van der Waals surface area contributed by atoms with Crippen LogP contribution in [0.4, 0.5) is 0 Å². The van der Waals surface area contributed by atoms with Gasteiger partial charge in [0.1, 0.15) is 5.76 Å². The molecule has 1 aliphatic rings. The molecule has 0 saturated carbocycles. The summed E-state index contributed by atoms with van der Waals surface area (Å²) in [5, 5.41) is 3.85. The number of hydrogen-bond donors (Lipinski definition) is 1. The van der Waals surface area contributed by atoms with Gasteiger partial charge < -0.3 is 9.73 Å². The lowest BCUT2D eigenvalue weighted by Crippen LogP contribution is -2.43. The van der Waals surface area contributed by atoms with E-state index < -0.39 is 0 Å². The van der Waals surface area contributed by atoms with Crippen LogP contribution in [0, 0.1) is 5.92 Å². The van der Waals surface area contributed by atoms with Gasteiger partial charge >= 0.3 is 0 Å². The predicted molar refractivity (Wildman–Crippen MR) is 107 cm³/mol.